The molecular formula is C17H20ClN3O. The van der Waals surface area contributed by atoms with Gasteiger partial charge in [0.2, 0.25) is 5.95 Å². The Morgan fingerprint density at radius 1 is 1.18 bits per heavy atom. The maximum absolute atomic E-state index is 10.5. The molecule has 1 fully saturated rings. The Bertz CT molecular complexity index is 624. The number of nitrogens with zero attached hydrogens (tertiary/aromatic N) is 3. The Morgan fingerprint density at radius 2 is 1.86 bits per heavy atom. The number of aliphatic hydroxyl groups excluding tert-OH is 1. The Hall–Kier alpha value is -1.65. The number of hydrogen-bond donors (Lipinski definition) is 1. The number of aryl methyl sites for hydroxylation is 1. The van der Waals surface area contributed by atoms with E-state index in [1.807, 2.05) is 37.3 Å². The van der Waals surface area contributed by atoms with Crippen LogP contribution in [0.25, 0.3) is 0 Å². The van der Waals surface area contributed by atoms with Crippen molar-refractivity contribution in [1.82, 2.24) is 9.97 Å². The molecule has 0 amide bonds. The summed E-state index contributed by atoms with van der Waals surface area (Å²) in [5, 5.41) is 11.2. The summed E-state index contributed by atoms with van der Waals surface area (Å²) in [6, 6.07) is 9.37. The van der Waals surface area contributed by atoms with Gasteiger partial charge in [-0.2, -0.15) is 0 Å². The van der Waals surface area contributed by atoms with Crippen molar-refractivity contribution in [1.29, 1.82) is 0 Å². The van der Waals surface area contributed by atoms with Gasteiger partial charge in [0.25, 0.3) is 0 Å². The third kappa shape index (κ3) is 3.39. The summed E-state index contributed by atoms with van der Waals surface area (Å²) < 4.78 is 0. The lowest BCUT2D eigenvalue weighted by Crippen LogP contribution is -2.36. The predicted molar refractivity (Wildman–Crippen MR) is 88.1 cm³/mol. The lowest BCUT2D eigenvalue weighted by molar-refractivity contribution is 0.0928. The van der Waals surface area contributed by atoms with Crippen molar-refractivity contribution in [3.8, 4) is 0 Å². The molecule has 0 aliphatic carbocycles. The normalized spacial score (nSPS) is 17.5. The largest absolute Gasteiger partial charge is 0.388 e. The Labute approximate surface area is 135 Å². The number of rotatable bonds is 3. The van der Waals surface area contributed by atoms with Gasteiger partial charge in [-0.05, 0) is 49.4 Å². The fourth-order valence-corrected chi connectivity index (χ4v) is 3.06. The lowest BCUT2D eigenvalue weighted by Gasteiger charge is -2.34. The number of anilines is 1. The second-order valence-electron chi connectivity index (χ2n) is 5.82. The van der Waals surface area contributed by atoms with E-state index in [0.717, 1.165) is 43.1 Å². The minimum absolute atomic E-state index is 0.266. The molecule has 3 rings (SSSR count). The van der Waals surface area contributed by atoms with E-state index in [9.17, 15) is 5.11 Å². The summed E-state index contributed by atoms with van der Waals surface area (Å²) in [5.41, 5.74) is 1.92. The molecule has 1 aromatic carbocycles. The van der Waals surface area contributed by atoms with Gasteiger partial charge in [-0.25, -0.2) is 9.97 Å². The third-order valence-corrected chi connectivity index (χ3v) is 4.51. The average molecular weight is 318 g/mol. The molecule has 1 saturated heterocycles. The molecule has 5 heteroatoms. The van der Waals surface area contributed by atoms with Crippen molar-refractivity contribution < 1.29 is 5.11 Å². The smallest absolute Gasteiger partial charge is 0.225 e. The van der Waals surface area contributed by atoms with Crippen LogP contribution in [0.4, 0.5) is 5.95 Å². The first-order valence-corrected chi connectivity index (χ1v) is 7.99. The molecule has 116 valence electrons. The van der Waals surface area contributed by atoms with Crippen LogP contribution >= 0.6 is 11.6 Å². The third-order valence-electron chi connectivity index (χ3n) is 4.26. The van der Waals surface area contributed by atoms with Crippen LogP contribution in [-0.4, -0.2) is 28.2 Å². The van der Waals surface area contributed by atoms with Crippen LogP contribution in [0.15, 0.2) is 36.5 Å². The molecule has 22 heavy (non-hydrogen) atoms. The van der Waals surface area contributed by atoms with Crippen molar-refractivity contribution in [3.05, 3.63) is 52.8 Å². The molecule has 2 heterocycles. The van der Waals surface area contributed by atoms with Gasteiger partial charge in [0.1, 0.15) is 0 Å². The van der Waals surface area contributed by atoms with E-state index < -0.39 is 6.10 Å². The minimum atomic E-state index is -0.433. The SMILES string of the molecule is Cc1ccnc(N2CCC(C(O)c3ccc(Cl)cc3)CC2)n1. The summed E-state index contributed by atoms with van der Waals surface area (Å²) in [7, 11) is 0. The van der Waals surface area contributed by atoms with Gasteiger partial charge < -0.3 is 10.0 Å². The average Bonchev–Trinajstić information content (AvgIpc) is 2.55. The summed E-state index contributed by atoms with van der Waals surface area (Å²) in [5.74, 6) is 1.06. The van der Waals surface area contributed by atoms with E-state index in [0.29, 0.717) is 5.02 Å². The molecule has 1 unspecified atom stereocenters. The summed E-state index contributed by atoms with van der Waals surface area (Å²) in [6.07, 6.45) is 3.23. The van der Waals surface area contributed by atoms with Crippen molar-refractivity contribution in [2.45, 2.75) is 25.9 Å². The summed E-state index contributed by atoms with van der Waals surface area (Å²) in [4.78, 5) is 11.0. The van der Waals surface area contributed by atoms with E-state index in [4.69, 9.17) is 11.6 Å². The van der Waals surface area contributed by atoms with Gasteiger partial charge in [-0.15, -0.1) is 0 Å². The molecule has 0 saturated carbocycles. The maximum atomic E-state index is 10.5. The Morgan fingerprint density at radius 3 is 2.50 bits per heavy atom. The first-order chi connectivity index (χ1) is 10.6. The number of halogens is 1. The van der Waals surface area contributed by atoms with Crippen LogP contribution in [0.2, 0.25) is 5.02 Å². The highest BCUT2D eigenvalue weighted by Gasteiger charge is 2.27. The highest BCUT2D eigenvalue weighted by Crippen LogP contribution is 2.32. The molecule has 2 aromatic rings. The molecule has 1 atom stereocenters. The first kappa shape index (κ1) is 15.3. The number of benzene rings is 1. The molecule has 0 radical (unpaired) electrons. The van der Waals surface area contributed by atoms with Crippen molar-refractivity contribution >= 4 is 17.5 Å². The molecule has 4 nitrogen and oxygen atoms in total. The van der Waals surface area contributed by atoms with Crippen LogP contribution in [0.5, 0.6) is 0 Å². The van der Waals surface area contributed by atoms with E-state index in [-0.39, 0.29) is 5.92 Å². The van der Waals surface area contributed by atoms with Gasteiger partial charge in [-0.1, -0.05) is 23.7 Å². The molecule has 0 bridgehead atoms. The van der Waals surface area contributed by atoms with Gasteiger partial charge in [0.15, 0.2) is 0 Å². The van der Waals surface area contributed by atoms with Gasteiger partial charge in [0.05, 0.1) is 6.10 Å². The topological polar surface area (TPSA) is 49.2 Å². The zero-order valence-corrected chi connectivity index (χ0v) is 13.4. The highest BCUT2D eigenvalue weighted by atomic mass is 35.5. The molecule has 1 aliphatic rings. The lowest BCUT2D eigenvalue weighted by atomic mass is 9.87. The number of aliphatic hydroxyl groups is 1. The van der Waals surface area contributed by atoms with Crippen LogP contribution in [0.1, 0.15) is 30.2 Å². The Kier molecular flexibility index (Phi) is 4.60. The van der Waals surface area contributed by atoms with Crippen LogP contribution < -0.4 is 4.90 Å². The zero-order chi connectivity index (χ0) is 15.5. The van der Waals surface area contributed by atoms with Crippen molar-refractivity contribution in [2.75, 3.05) is 18.0 Å². The van der Waals surface area contributed by atoms with E-state index in [1.165, 1.54) is 0 Å². The number of hydrogen-bond acceptors (Lipinski definition) is 4. The highest BCUT2D eigenvalue weighted by molar-refractivity contribution is 6.30. The second-order valence-corrected chi connectivity index (χ2v) is 6.26. The molecule has 1 aromatic heterocycles. The quantitative estimate of drug-likeness (QED) is 0.942. The minimum Gasteiger partial charge on any atom is -0.388 e. The molecule has 1 N–H and O–H groups in total. The Balaban J connectivity index is 1.62. The zero-order valence-electron chi connectivity index (χ0n) is 12.6. The maximum Gasteiger partial charge on any atom is 0.225 e. The van der Waals surface area contributed by atoms with E-state index in [1.54, 1.807) is 6.20 Å². The van der Waals surface area contributed by atoms with Crippen LogP contribution in [-0.2, 0) is 0 Å². The van der Waals surface area contributed by atoms with Crippen LogP contribution in [0.3, 0.4) is 0 Å². The van der Waals surface area contributed by atoms with E-state index >= 15 is 0 Å². The fraction of sp³-hybridized carbons (Fsp3) is 0.412. The van der Waals surface area contributed by atoms with Gasteiger partial charge in [-0.3, -0.25) is 0 Å². The first-order valence-electron chi connectivity index (χ1n) is 7.61. The molecule has 1 aliphatic heterocycles. The van der Waals surface area contributed by atoms with Crippen molar-refractivity contribution in [3.63, 3.8) is 0 Å². The second kappa shape index (κ2) is 6.63. The van der Waals surface area contributed by atoms with Gasteiger partial charge in [0, 0.05) is 30.0 Å². The monoisotopic (exact) mass is 317 g/mol. The fourth-order valence-electron chi connectivity index (χ4n) is 2.94. The van der Waals surface area contributed by atoms with E-state index in [2.05, 4.69) is 14.9 Å². The summed E-state index contributed by atoms with van der Waals surface area (Å²) in [6.45, 7) is 3.72. The van der Waals surface area contributed by atoms with Crippen molar-refractivity contribution in [2.24, 2.45) is 5.92 Å². The number of piperidine rings is 1. The molecule has 0 spiro atoms. The molecular weight excluding hydrogens is 298 g/mol. The predicted octanol–water partition coefficient (Wildman–Crippen LogP) is 3.39. The number of aromatic nitrogens is 2. The standard InChI is InChI=1S/C17H20ClN3O/c1-12-6-9-19-17(20-12)21-10-7-14(8-11-21)16(22)13-2-4-15(18)5-3-13/h2-6,9,14,16,22H,7-8,10-11H2,1H3. The van der Waals surface area contributed by atoms with Gasteiger partial charge >= 0.3 is 0 Å². The van der Waals surface area contributed by atoms with Crippen LogP contribution in [0, 0.1) is 12.8 Å². The summed E-state index contributed by atoms with van der Waals surface area (Å²) >= 11 is 5.90.